The lowest BCUT2D eigenvalue weighted by atomic mass is 10.2. The maximum absolute atomic E-state index is 10.8. The van der Waals surface area contributed by atoms with E-state index in [-0.39, 0.29) is 0 Å². The van der Waals surface area contributed by atoms with Crippen LogP contribution in [-0.2, 0) is 10.1 Å². The van der Waals surface area contributed by atoms with E-state index in [0.29, 0.717) is 0 Å². The van der Waals surface area contributed by atoms with E-state index in [1.807, 2.05) is 0 Å². The van der Waals surface area contributed by atoms with Crippen LogP contribution in [-0.4, -0.2) is 30.7 Å². The largest absolute Gasteiger partial charge is 0.478 e. The van der Waals surface area contributed by atoms with Gasteiger partial charge in [-0.1, -0.05) is 0 Å². The van der Waals surface area contributed by atoms with Gasteiger partial charge >= 0.3 is 16.1 Å². The highest BCUT2D eigenvalue weighted by atomic mass is 32.2. The summed E-state index contributed by atoms with van der Waals surface area (Å²) in [7, 11) is -3.90. The normalized spacial score (nSPS) is 10.9. The van der Waals surface area contributed by atoms with Gasteiger partial charge in [0.1, 0.15) is 5.56 Å². The van der Waals surface area contributed by atoms with Crippen molar-refractivity contribution in [1.29, 1.82) is 0 Å². The third-order valence-electron chi connectivity index (χ3n) is 1.65. The summed E-state index contributed by atoms with van der Waals surface area (Å²) in [4.78, 5) is 20.4. The zero-order chi connectivity index (χ0) is 13.2. The maximum Gasteiger partial charge on any atom is 0.339 e. The molecule has 1 aromatic rings. The number of non-ortho nitro benzene ring substituents is 1. The second-order valence-electron chi connectivity index (χ2n) is 3.03. The molecule has 0 saturated heterocycles. The SMILES string of the molecule is CS(=O)(=O)Oc1ccc([N+](=O)[O-])cc1C(=O)O. The highest BCUT2D eigenvalue weighted by molar-refractivity contribution is 7.86. The Morgan fingerprint density at radius 3 is 2.47 bits per heavy atom. The van der Waals surface area contributed by atoms with Crippen molar-refractivity contribution in [3.8, 4) is 5.75 Å². The molecule has 8 nitrogen and oxygen atoms in total. The lowest BCUT2D eigenvalue weighted by molar-refractivity contribution is -0.384. The van der Waals surface area contributed by atoms with Crippen molar-refractivity contribution in [3.63, 3.8) is 0 Å². The predicted octanol–water partition coefficient (Wildman–Crippen LogP) is 0.631. The lowest BCUT2D eigenvalue weighted by Gasteiger charge is -2.05. The average molecular weight is 261 g/mol. The Hall–Kier alpha value is -2.16. The van der Waals surface area contributed by atoms with Crippen LogP contribution in [0.3, 0.4) is 0 Å². The molecule has 0 aliphatic carbocycles. The highest BCUT2D eigenvalue weighted by Gasteiger charge is 2.19. The lowest BCUT2D eigenvalue weighted by Crippen LogP contribution is -2.10. The van der Waals surface area contributed by atoms with Crippen molar-refractivity contribution in [2.45, 2.75) is 0 Å². The first-order valence-corrected chi connectivity index (χ1v) is 5.93. The summed E-state index contributed by atoms with van der Waals surface area (Å²) in [6.07, 6.45) is 0.736. The smallest absolute Gasteiger partial charge is 0.339 e. The van der Waals surface area contributed by atoms with Gasteiger partial charge in [-0.25, -0.2) is 4.79 Å². The van der Waals surface area contributed by atoms with Crippen molar-refractivity contribution < 1.29 is 27.4 Å². The summed E-state index contributed by atoms with van der Waals surface area (Å²) in [5.74, 6) is -1.99. The van der Waals surface area contributed by atoms with Gasteiger partial charge in [0.15, 0.2) is 5.75 Å². The van der Waals surface area contributed by atoms with Crippen molar-refractivity contribution in [3.05, 3.63) is 33.9 Å². The number of nitrogens with zero attached hydrogens (tertiary/aromatic N) is 1. The minimum absolute atomic E-state index is 0.467. The molecule has 0 amide bonds. The number of carbonyl (C=O) groups is 1. The Morgan fingerprint density at radius 1 is 1.47 bits per heavy atom. The van der Waals surface area contributed by atoms with Crippen LogP contribution in [0.4, 0.5) is 5.69 Å². The van der Waals surface area contributed by atoms with Crippen LogP contribution in [0.2, 0.25) is 0 Å². The zero-order valence-corrected chi connectivity index (χ0v) is 9.30. The molecular weight excluding hydrogens is 254 g/mol. The van der Waals surface area contributed by atoms with Gasteiger partial charge in [-0.3, -0.25) is 10.1 Å². The van der Waals surface area contributed by atoms with E-state index in [2.05, 4.69) is 4.18 Å². The Kier molecular flexibility index (Phi) is 3.32. The van der Waals surface area contributed by atoms with Gasteiger partial charge in [0.05, 0.1) is 11.2 Å². The summed E-state index contributed by atoms with van der Waals surface area (Å²) in [6, 6.07) is 2.60. The molecule has 1 rings (SSSR count). The number of carboxylic acids is 1. The highest BCUT2D eigenvalue weighted by Crippen LogP contribution is 2.25. The van der Waals surface area contributed by atoms with Gasteiger partial charge in [-0.15, -0.1) is 0 Å². The summed E-state index contributed by atoms with van der Waals surface area (Å²) < 4.78 is 26.1. The molecule has 1 N–H and O–H groups in total. The van der Waals surface area contributed by atoms with Crippen LogP contribution in [0.25, 0.3) is 0 Å². The third-order valence-corrected chi connectivity index (χ3v) is 2.13. The Labute approximate surface area is 95.7 Å². The van der Waals surface area contributed by atoms with Crippen LogP contribution in [0.1, 0.15) is 10.4 Å². The van der Waals surface area contributed by atoms with Crippen LogP contribution < -0.4 is 4.18 Å². The van der Waals surface area contributed by atoms with E-state index in [0.717, 1.165) is 24.5 Å². The molecule has 0 saturated carbocycles. The number of benzene rings is 1. The predicted molar refractivity (Wildman–Crippen MR) is 55.5 cm³/mol. The van der Waals surface area contributed by atoms with Crippen LogP contribution in [0, 0.1) is 10.1 Å². The molecule has 0 radical (unpaired) electrons. The first-order valence-electron chi connectivity index (χ1n) is 4.12. The van der Waals surface area contributed by atoms with Crippen LogP contribution in [0.15, 0.2) is 18.2 Å². The van der Waals surface area contributed by atoms with E-state index < -0.39 is 38.0 Å². The molecule has 0 aromatic heterocycles. The fraction of sp³-hybridized carbons (Fsp3) is 0.125. The molecular formula is C8H7NO7S. The Morgan fingerprint density at radius 2 is 2.06 bits per heavy atom. The van der Waals surface area contributed by atoms with Crippen molar-refractivity contribution in [2.75, 3.05) is 6.26 Å². The molecule has 92 valence electrons. The molecule has 0 bridgehead atoms. The Balaban J connectivity index is 3.32. The summed E-state index contributed by atoms with van der Waals surface area (Å²) in [6.45, 7) is 0. The van der Waals surface area contributed by atoms with E-state index >= 15 is 0 Å². The number of aromatic carboxylic acids is 1. The monoisotopic (exact) mass is 261 g/mol. The second kappa shape index (κ2) is 4.37. The number of nitro groups is 1. The van der Waals surface area contributed by atoms with E-state index in [1.54, 1.807) is 0 Å². The number of rotatable bonds is 4. The molecule has 0 fully saturated rings. The molecule has 9 heteroatoms. The minimum Gasteiger partial charge on any atom is -0.478 e. The molecule has 0 aliphatic rings. The number of hydrogen-bond donors (Lipinski definition) is 1. The standard InChI is InChI=1S/C8H7NO7S/c1-17(14,15)16-7-3-2-5(9(12)13)4-6(7)8(10)11/h2-4H,1H3,(H,10,11). The van der Waals surface area contributed by atoms with Gasteiger partial charge in [0, 0.05) is 12.1 Å². The number of hydrogen-bond acceptors (Lipinski definition) is 6. The summed E-state index contributed by atoms with van der Waals surface area (Å²) in [5, 5.41) is 19.2. The van der Waals surface area contributed by atoms with E-state index in [1.165, 1.54) is 0 Å². The maximum atomic E-state index is 10.8. The van der Waals surface area contributed by atoms with Gasteiger partial charge in [0.25, 0.3) is 5.69 Å². The summed E-state index contributed by atoms with van der Waals surface area (Å²) in [5.41, 5.74) is -1.06. The molecule has 17 heavy (non-hydrogen) atoms. The molecule has 0 heterocycles. The van der Waals surface area contributed by atoms with Gasteiger partial charge in [-0.05, 0) is 6.07 Å². The topological polar surface area (TPSA) is 124 Å². The van der Waals surface area contributed by atoms with Gasteiger partial charge in [0.2, 0.25) is 0 Å². The number of carboxylic acid groups (broad SMARTS) is 1. The van der Waals surface area contributed by atoms with Gasteiger partial charge < -0.3 is 9.29 Å². The summed E-state index contributed by atoms with van der Waals surface area (Å²) >= 11 is 0. The van der Waals surface area contributed by atoms with Crippen molar-refractivity contribution in [2.24, 2.45) is 0 Å². The third kappa shape index (κ3) is 3.41. The zero-order valence-electron chi connectivity index (χ0n) is 8.48. The molecule has 1 aromatic carbocycles. The quantitative estimate of drug-likeness (QED) is 0.478. The van der Waals surface area contributed by atoms with Crippen LogP contribution in [0.5, 0.6) is 5.75 Å². The van der Waals surface area contributed by atoms with Crippen LogP contribution >= 0.6 is 0 Å². The van der Waals surface area contributed by atoms with Gasteiger partial charge in [-0.2, -0.15) is 8.42 Å². The molecule has 0 unspecified atom stereocenters. The van der Waals surface area contributed by atoms with E-state index in [4.69, 9.17) is 5.11 Å². The fourth-order valence-electron chi connectivity index (χ4n) is 1.03. The van der Waals surface area contributed by atoms with Crippen molar-refractivity contribution in [1.82, 2.24) is 0 Å². The van der Waals surface area contributed by atoms with Crippen molar-refractivity contribution >= 4 is 21.8 Å². The van der Waals surface area contributed by atoms with E-state index in [9.17, 15) is 23.3 Å². The minimum atomic E-state index is -3.90. The second-order valence-corrected chi connectivity index (χ2v) is 4.61. The first-order chi connectivity index (χ1) is 7.70. The molecule has 0 aliphatic heterocycles. The Bertz CT molecular complexity index is 578. The average Bonchev–Trinajstić information content (AvgIpc) is 2.14. The molecule has 0 spiro atoms. The first kappa shape index (κ1) is 12.9. The number of nitro benzene ring substituents is 1. The fourth-order valence-corrected chi connectivity index (χ4v) is 1.51. The molecule has 0 atom stereocenters.